The second-order valence-corrected chi connectivity index (χ2v) is 3.75. The van der Waals surface area contributed by atoms with Crippen LogP contribution in [-0.4, -0.2) is 11.5 Å². The number of pyridine rings is 1. The van der Waals surface area contributed by atoms with Crippen molar-refractivity contribution in [2.45, 2.75) is 13.3 Å². The first-order chi connectivity index (χ1) is 7.90. The Morgan fingerprint density at radius 1 is 1.06 bits per heavy atom. The van der Waals surface area contributed by atoms with E-state index in [0.29, 0.717) is 0 Å². The van der Waals surface area contributed by atoms with Crippen LogP contribution in [0.15, 0.2) is 48.8 Å². The molecule has 16 heavy (non-hydrogen) atoms. The molecule has 82 valence electrons. The maximum absolute atomic E-state index is 4.12. The molecule has 1 N–H and O–H groups in total. The van der Waals surface area contributed by atoms with Crippen molar-refractivity contribution in [3.8, 4) is 11.1 Å². The average Bonchev–Trinajstić information content (AvgIpc) is 2.38. The fourth-order valence-corrected chi connectivity index (χ4v) is 1.58. The van der Waals surface area contributed by atoms with E-state index in [1.807, 2.05) is 12.3 Å². The normalized spacial score (nSPS) is 10.1. The van der Waals surface area contributed by atoms with Gasteiger partial charge in [0, 0.05) is 24.6 Å². The van der Waals surface area contributed by atoms with Gasteiger partial charge in [0.1, 0.15) is 0 Å². The second kappa shape index (κ2) is 5.31. The minimum atomic E-state index is 1.02. The zero-order valence-corrected chi connectivity index (χ0v) is 9.48. The molecule has 0 saturated heterocycles. The van der Waals surface area contributed by atoms with E-state index in [9.17, 15) is 0 Å². The van der Waals surface area contributed by atoms with Crippen molar-refractivity contribution in [3.63, 3.8) is 0 Å². The predicted molar refractivity (Wildman–Crippen MR) is 68.5 cm³/mol. The molecule has 0 fully saturated rings. The summed E-state index contributed by atoms with van der Waals surface area (Å²) in [4.78, 5) is 4.12. The monoisotopic (exact) mass is 212 g/mol. The summed E-state index contributed by atoms with van der Waals surface area (Å²) < 4.78 is 0. The molecule has 1 aromatic heterocycles. The first-order valence-corrected chi connectivity index (χ1v) is 5.64. The number of hydrogen-bond acceptors (Lipinski definition) is 2. The molecular formula is C14H16N2. The van der Waals surface area contributed by atoms with Crippen LogP contribution in [-0.2, 0) is 0 Å². The summed E-state index contributed by atoms with van der Waals surface area (Å²) in [6, 6.07) is 12.5. The van der Waals surface area contributed by atoms with Gasteiger partial charge in [0.25, 0.3) is 0 Å². The Morgan fingerprint density at radius 3 is 2.50 bits per heavy atom. The van der Waals surface area contributed by atoms with Crippen molar-refractivity contribution in [2.24, 2.45) is 0 Å². The Morgan fingerprint density at radius 2 is 1.88 bits per heavy atom. The molecule has 2 aromatic rings. The molecule has 0 saturated carbocycles. The third kappa shape index (κ3) is 2.60. The van der Waals surface area contributed by atoms with Gasteiger partial charge in [-0.2, -0.15) is 0 Å². The van der Waals surface area contributed by atoms with Crippen molar-refractivity contribution in [2.75, 3.05) is 11.9 Å². The van der Waals surface area contributed by atoms with Gasteiger partial charge in [0.05, 0.1) is 0 Å². The van der Waals surface area contributed by atoms with E-state index in [4.69, 9.17) is 0 Å². The topological polar surface area (TPSA) is 24.9 Å². The number of hydrogen-bond donors (Lipinski definition) is 1. The minimum absolute atomic E-state index is 1.02. The van der Waals surface area contributed by atoms with E-state index in [1.165, 1.54) is 11.3 Å². The van der Waals surface area contributed by atoms with Gasteiger partial charge in [-0.05, 0) is 35.7 Å². The summed E-state index contributed by atoms with van der Waals surface area (Å²) in [5.41, 5.74) is 3.54. The van der Waals surface area contributed by atoms with Gasteiger partial charge in [-0.25, -0.2) is 0 Å². The number of nitrogens with zero attached hydrogens (tertiary/aromatic N) is 1. The van der Waals surface area contributed by atoms with E-state index in [2.05, 4.69) is 47.6 Å². The maximum atomic E-state index is 4.12. The Balaban J connectivity index is 2.13. The van der Waals surface area contributed by atoms with E-state index < -0.39 is 0 Å². The molecule has 0 unspecified atom stereocenters. The molecule has 1 aromatic carbocycles. The summed E-state index contributed by atoms with van der Waals surface area (Å²) in [5, 5.41) is 3.36. The van der Waals surface area contributed by atoms with Crippen LogP contribution in [0.3, 0.4) is 0 Å². The van der Waals surface area contributed by atoms with Crippen molar-refractivity contribution in [1.82, 2.24) is 4.98 Å². The molecule has 0 radical (unpaired) electrons. The van der Waals surface area contributed by atoms with Gasteiger partial charge in [0.2, 0.25) is 0 Å². The van der Waals surface area contributed by atoms with Crippen molar-refractivity contribution in [3.05, 3.63) is 48.8 Å². The number of benzene rings is 1. The Bertz CT molecular complexity index is 420. The Labute approximate surface area is 96.4 Å². The quantitative estimate of drug-likeness (QED) is 0.838. The van der Waals surface area contributed by atoms with Crippen molar-refractivity contribution in [1.29, 1.82) is 0 Å². The van der Waals surface area contributed by atoms with Crippen LogP contribution in [0.4, 0.5) is 5.69 Å². The highest BCUT2D eigenvalue weighted by Crippen LogP contribution is 2.20. The zero-order valence-electron chi connectivity index (χ0n) is 9.48. The summed E-state index contributed by atoms with van der Waals surface area (Å²) >= 11 is 0. The van der Waals surface area contributed by atoms with Gasteiger partial charge in [-0.1, -0.05) is 25.1 Å². The molecule has 2 heteroatoms. The number of nitrogens with one attached hydrogen (secondary N) is 1. The van der Waals surface area contributed by atoms with E-state index in [0.717, 1.165) is 18.5 Å². The van der Waals surface area contributed by atoms with Gasteiger partial charge in [0.15, 0.2) is 0 Å². The molecule has 2 nitrogen and oxygen atoms in total. The molecule has 2 rings (SSSR count). The van der Waals surface area contributed by atoms with Crippen LogP contribution < -0.4 is 5.32 Å². The lowest BCUT2D eigenvalue weighted by Crippen LogP contribution is -1.98. The van der Waals surface area contributed by atoms with Crippen LogP contribution in [0.1, 0.15) is 13.3 Å². The highest BCUT2D eigenvalue weighted by molar-refractivity contribution is 5.65. The Hall–Kier alpha value is -1.83. The fraction of sp³-hybridized carbons (Fsp3) is 0.214. The lowest BCUT2D eigenvalue weighted by Gasteiger charge is -2.06. The van der Waals surface area contributed by atoms with Crippen LogP contribution in [0, 0.1) is 0 Å². The molecular weight excluding hydrogens is 196 g/mol. The van der Waals surface area contributed by atoms with Crippen LogP contribution >= 0.6 is 0 Å². The van der Waals surface area contributed by atoms with Crippen molar-refractivity contribution >= 4 is 5.69 Å². The van der Waals surface area contributed by atoms with Gasteiger partial charge in [-0.15, -0.1) is 0 Å². The molecule has 0 amide bonds. The fourth-order valence-electron chi connectivity index (χ4n) is 1.58. The van der Waals surface area contributed by atoms with E-state index in [-0.39, 0.29) is 0 Å². The molecule has 0 aliphatic rings. The van der Waals surface area contributed by atoms with E-state index >= 15 is 0 Å². The number of rotatable bonds is 4. The predicted octanol–water partition coefficient (Wildman–Crippen LogP) is 3.57. The average molecular weight is 212 g/mol. The lowest BCUT2D eigenvalue weighted by atomic mass is 10.1. The van der Waals surface area contributed by atoms with Gasteiger partial charge < -0.3 is 5.32 Å². The third-order valence-electron chi connectivity index (χ3n) is 2.46. The molecule has 0 aliphatic heterocycles. The minimum Gasteiger partial charge on any atom is -0.385 e. The van der Waals surface area contributed by atoms with Gasteiger partial charge in [-0.3, -0.25) is 4.98 Å². The second-order valence-electron chi connectivity index (χ2n) is 3.75. The number of aromatic nitrogens is 1. The maximum Gasteiger partial charge on any atom is 0.0346 e. The lowest BCUT2D eigenvalue weighted by molar-refractivity contribution is 0.980. The van der Waals surface area contributed by atoms with Gasteiger partial charge >= 0.3 is 0 Å². The first kappa shape index (κ1) is 10.7. The molecule has 0 bridgehead atoms. The smallest absolute Gasteiger partial charge is 0.0346 e. The van der Waals surface area contributed by atoms with Crippen LogP contribution in [0.25, 0.3) is 11.1 Å². The standard InChI is InChI=1S/C14H16N2/c1-2-9-16-14-7-5-12(6-8-14)13-4-3-10-15-11-13/h3-8,10-11,16H,2,9H2,1H3. The highest BCUT2D eigenvalue weighted by atomic mass is 14.9. The number of anilines is 1. The first-order valence-electron chi connectivity index (χ1n) is 5.64. The molecule has 0 aliphatic carbocycles. The summed E-state index contributed by atoms with van der Waals surface area (Å²) in [6.07, 6.45) is 4.82. The summed E-state index contributed by atoms with van der Waals surface area (Å²) in [5.74, 6) is 0. The summed E-state index contributed by atoms with van der Waals surface area (Å²) in [6.45, 7) is 3.18. The molecule has 0 atom stereocenters. The Kier molecular flexibility index (Phi) is 3.54. The zero-order chi connectivity index (χ0) is 11.2. The largest absolute Gasteiger partial charge is 0.385 e. The molecule has 1 heterocycles. The van der Waals surface area contributed by atoms with E-state index in [1.54, 1.807) is 6.20 Å². The SMILES string of the molecule is CCCNc1ccc(-c2cccnc2)cc1. The highest BCUT2D eigenvalue weighted by Gasteiger charge is 1.96. The van der Waals surface area contributed by atoms with Crippen molar-refractivity contribution < 1.29 is 0 Å². The third-order valence-corrected chi connectivity index (χ3v) is 2.46. The van der Waals surface area contributed by atoms with Crippen LogP contribution in [0.2, 0.25) is 0 Å². The van der Waals surface area contributed by atoms with Crippen LogP contribution in [0.5, 0.6) is 0 Å². The summed E-state index contributed by atoms with van der Waals surface area (Å²) in [7, 11) is 0. The molecule has 0 spiro atoms.